The second-order valence-corrected chi connectivity index (χ2v) is 5.40. The monoisotopic (exact) mass is 269 g/mol. The van der Waals surface area contributed by atoms with E-state index in [0.717, 1.165) is 25.0 Å². The lowest BCUT2D eigenvalue weighted by Gasteiger charge is -2.27. The van der Waals surface area contributed by atoms with Crippen LogP contribution in [0.1, 0.15) is 24.5 Å². The van der Waals surface area contributed by atoms with Gasteiger partial charge in [0, 0.05) is 13.0 Å². The van der Waals surface area contributed by atoms with E-state index in [-0.39, 0.29) is 11.9 Å². The first-order valence-corrected chi connectivity index (χ1v) is 7.03. The van der Waals surface area contributed by atoms with Gasteiger partial charge in [0.2, 0.25) is 5.91 Å². The van der Waals surface area contributed by atoms with Crippen LogP contribution in [0.5, 0.6) is 5.75 Å². The van der Waals surface area contributed by atoms with Crippen molar-refractivity contribution in [3.05, 3.63) is 41.5 Å². The molecule has 1 atom stereocenters. The van der Waals surface area contributed by atoms with Crippen LogP contribution in [0.25, 0.3) is 10.8 Å². The quantitative estimate of drug-likeness (QED) is 0.910. The van der Waals surface area contributed by atoms with Crippen LogP contribution in [0, 0.1) is 0 Å². The molecule has 0 fully saturated rings. The Kier molecular flexibility index (Phi) is 3.35. The molecule has 2 aromatic rings. The van der Waals surface area contributed by atoms with Crippen LogP contribution in [-0.2, 0) is 17.6 Å². The molecule has 0 aromatic heterocycles. The van der Waals surface area contributed by atoms with E-state index in [9.17, 15) is 4.79 Å². The van der Waals surface area contributed by atoms with Crippen molar-refractivity contribution in [3.8, 4) is 5.75 Å². The van der Waals surface area contributed by atoms with E-state index in [1.807, 2.05) is 0 Å². The summed E-state index contributed by atoms with van der Waals surface area (Å²) in [5.41, 5.74) is 2.62. The number of carbonyl (C=O) groups excluding carboxylic acids is 1. The molecule has 1 amide bonds. The molecule has 104 valence electrons. The summed E-state index contributed by atoms with van der Waals surface area (Å²) in [7, 11) is 1.71. The van der Waals surface area contributed by atoms with Gasteiger partial charge in [0.1, 0.15) is 5.75 Å². The van der Waals surface area contributed by atoms with Gasteiger partial charge in [-0.05, 0) is 47.2 Å². The van der Waals surface area contributed by atoms with Gasteiger partial charge in [-0.25, -0.2) is 0 Å². The lowest BCUT2D eigenvalue weighted by molar-refractivity contribution is -0.119. The summed E-state index contributed by atoms with van der Waals surface area (Å²) in [4.78, 5) is 11.2. The number of fused-ring (bicyclic) bond motifs is 3. The van der Waals surface area contributed by atoms with Crippen LogP contribution >= 0.6 is 0 Å². The van der Waals surface area contributed by atoms with Crippen molar-refractivity contribution in [2.75, 3.05) is 7.11 Å². The third-order valence-electron chi connectivity index (χ3n) is 4.05. The Morgan fingerprint density at radius 1 is 1.30 bits per heavy atom. The summed E-state index contributed by atoms with van der Waals surface area (Å²) in [6.45, 7) is 1.58. The fraction of sp³-hybridized carbons (Fsp3) is 0.353. The lowest BCUT2D eigenvalue weighted by Crippen LogP contribution is -2.37. The summed E-state index contributed by atoms with van der Waals surface area (Å²) in [6, 6.07) is 10.7. The first-order chi connectivity index (χ1) is 9.69. The molecule has 3 rings (SSSR count). The van der Waals surface area contributed by atoms with E-state index in [4.69, 9.17) is 4.74 Å². The molecule has 0 radical (unpaired) electrons. The van der Waals surface area contributed by atoms with Crippen LogP contribution < -0.4 is 10.1 Å². The number of amides is 1. The number of methoxy groups -OCH3 is 1. The molecule has 0 saturated heterocycles. The summed E-state index contributed by atoms with van der Waals surface area (Å²) in [5, 5.41) is 5.56. The van der Waals surface area contributed by atoms with Crippen LogP contribution in [0.3, 0.4) is 0 Å². The molecule has 0 bridgehead atoms. The van der Waals surface area contributed by atoms with Gasteiger partial charge in [-0.2, -0.15) is 0 Å². The summed E-state index contributed by atoms with van der Waals surface area (Å²) < 4.78 is 5.56. The molecule has 0 spiro atoms. The average Bonchev–Trinajstić information content (AvgIpc) is 2.45. The minimum Gasteiger partial charge on any atom is -0.496 e. The molecule has 3 heteroatoms. The van der Waals surface area contributed by atoms with E-state index >= 15 is 0 Å². The minimum absolute atomic E-state index is 0.0400. The van der Waals surface area contributed by atoms with Crippen LogP contribution in [0.15, 0.2) is 30.3 Å². The van der Waals surface area contributed by atoms with Crippen molar-refractivity contribution < 1.29 is 9.53 Å². The second kappa shape index (κ2) is 5.16. The highest BCUT2D eigenvalue weighted by Crippen LogP contribution is 2.36. The van der Waals surface area contributed by atoms with Crippen LogP contribution in [0.4, 0.5) is 0 Å². The van der Waals surface area contributed by atoms with Crippen LogP contribution in [0.2, 0.25) is 0 Å². The van der Waals surface area contributed by atoms with Gasteiger partial charge in [0.05, 0.1) is 7.11 Å². The SMILES string of the molecule is COc1cc2ccccc2c2c1C[C@@H](NC(C)=O)CC2. The van der Waals surface area contributed by atoms with Crippen molar-refractivity contribution in [1.29, 1.82) is 0 Å². The number of ether oxygens (including phenoxy) is 1. The fourth-order valence-corrected chi connectivity index (χ4v) is 3.21. The molecule has 1 aliphatic rings. The predicted molar refractivity (Wildman–Crippen MR) is 80.1 cm³/mol. The lowest BCUT2D eigenvalue weighted by atomic mass is 9.84. The normalized spacial score (nSPS) is 17.6. The van der Waals surface area contributed by atoms with E-state index in [1.165, 1.54) is 21.9 Å². The zero-order valence-corrected chi connectivity index (χ0v) is 11.9. The highest BCUT2D eigenvalue weighted by Gasteiger charge is 2.24. The third kappa shape index (κ3) is 2.24. The molecular formula is C17H19NO2. The number of aryl methyl sites for hydroxylation is 1. The molecule has 0 aliphatic heterocycles. The third-order valence-corrected chi connectivity index (χ3v) is 4.05. The largest absolute Gasteiger partial charge is 0.496 e. The summed E-state index contributed by atoms with van der Waals surface area (Å²) in [5.74, 6) is 0.979. The van der Waals surface area contributed by atoms with Gasteiger partial charge in [-0.15, -0.1) is 0 Å². The average molecular weight is 269 g/mol. The first kappa shape index (κ1) is 13.0. The van der Waals surface area contributed by atoms with Gasteiger partial charge in [-0.3, -0.25) is 4.79 Å². The Balaban J connectivity index is 2.08. The van der Waals surface area contributed by atoms with Gasteiger partial charge >= 0.3 is 0 Å². The number of hydrogen-bond acceptors (Lipinski definition) is 2. The molecular weight excluding hydrogens is 250 g/mol. The molecule has 1 N–H and O–H groups in total. The zero-order chi connectivity index (χ0) is 14.1. The van der Waals surface area contributed by atoms with E-state index in [0.29, 0.717) is 0 Å². The second-order valence-electron chi connectivity index (χ2n) is 5.40. The maximum Gasteiger partial charge on any atom is 0.217 e. The topological polar surface area (TPSA) is 38.3 Å². The maximum absolute atomic E-state index is 11.2. The standard InChI is InChI=1S/C17H19NO2/c1-11(19)18-13-7-8-15-14-6-4-3-5-12(14)9-17(20-2)16(15)10-13/h3-6,9,13H,7-8,10H2,1-2H3,(H,18,19)/t13-/m0/s1. The molecule has 0 unspecified atom stereocenters. The highest BCUT2D eigenvalue weighted by atomic mass is 16.5. The number of carbonyl (C=O) groups is 1. The summed E-state index contributed by atoms with van der Waals surface area (Å²) in [6.07, 6.45) is 2.82. The van der Waals surface area contributed by atoms with E-state index in [2.05, 4.69) is 35.6 Å². The van der Waals surface area contributed by atoms with Crippen molar-refractivity contribution in [2.24, 2.45) is 0 Å². The van der Waals surface area contributed by atoms with Gasteiger partial charge < -0.3 is 10.1 Å². The first-order valence-electron chi connectivity index (χ1n) is 7.03. The van der Waals surface area contributed by atoms with Crippen molar-refractivity contribution >= 4 is 16.7 Å². The molecule has 0 heterocycles. The van der Waals surface area contributed by atoms with Gasteiger partial charge in [0.25, 0.3) is 0 Å². The minimum atomic E-state index is 0.0400. The van der Waals surface area contributed by atoms with Crippen molar-refractivity contribution in [2.45, 2.75) is 32.2 Å². The van der Waals surface area contributed by atoms with Crippen molar-refractivity contribution in [1.82, 2.24) is 5.32 Å². The van der Waals surface area contributed by atoms with Crippen LogP contribution in [-0.4, -0.2) is 19.1 Å². The Morgan fingerprint density at radius 3 is 2.85 bits per heavy atom. The predicted octanol–water partition coefficient (Wildman–Crippen LogP) is 2.84. The number of benzene rings is 2. The smallest absolute Gasteiger partial charge is 0.217 e. The van der Waals surface area contributed by atoms with Gasteiger partial charge in [0.15, 0.2) is 0 Å². The molecule has 3 nitrogen and oxygen atoms in total. The summed E-state index contributed by atoms with van der Waals surface area (Å²) >= 11 is 0. The fourth-order valence-electron chi connectivity index (χ4n) is 3.21. The van der Waals surface area contributed by atoms with Crippen molar-refractivity contribution in [3.63, 3.8) is 0 Å². The zero-order valence-electron chi connectivity index (χ0n) is 11.9. The Labute approximate surface area is 118 Å². The number of rotatable bonds is 2. The number of hydrogen-bond donors (Lipinski definition) is 1. The Hall–Kier alpha value is -2.03. The Bertz CT molecular complexity index is 663. The van der Waals surface area contributed by atoms with Gasteiger partial charge in [-0.1, -0.05) is 24.3 Å². The van der Waals surface area contributed by atoms with E-state index in [1.54, 1.807) is 14.0 Å². The molecule has 20 heavy (non-hydrogen) atoms. The molecule has 2 aromatic carbocycles. The number of nitrogens with one attached hydrogen (secondary N) is 1. The Morgan fingerprint density at radius 2 is 2.10 bits per heavy atom. The highest BCUT2D eigenvalue weighted by molar-refractivity contribution is 5.89. The molecule has 0 saturated carbocycles. The maximum atomic E-state index is 11.2. The van der Waals surface area contributed by atoms with E-state index < -0.39 is 0 Å². The molecule has 1 aliphatic carbocycles.